The number of halogens is 2. The Kier molecular flexibility index (Phi) is 4.71. The molecular formula is C14H17Cl2NO2. The Morgan fingerprint density at radius 1 is 1.32 bits per heavy atom. The van der Waals surface area contributed by atoms with Crippen LogP contribution in [0.1, 0.15) is 23.2 Å². The Morgan fingerprint density at radius 3 is 2.63 bits per heavy atom. The Hall–Kier alpha value is -0.770. The van der Waals surface area contributed by atoms with Crippen LogP contribution in [0.4, 0.5) is 0 Å². The zero-order valence-corrected chi connectivity index (χ0v) is 12.1. The van der Waals surface area contributed by atoms with Gasteiger partial charge in [0.1, 0.15) is 6.10 Å². The van der Waals surface area contributed by atoms with E-state index in [0.717, 1.165) is 32.5 Å². The summed E-state index contributed by atoms with van der Waals surface area (Å²) in [6, 6.07) is 6.93. The molecule has 104 valence electrons. The Bertz CT molecular complexity index is 459. The standard InChI is InChI=1S/C14H16ClNO2.ClH/c15-12-3-1-2-11(8-12)14(17)18-13-9-16-6-4-10(13)5-7-16;/h1-3,8,10,13H,4-7,9H2;1H. The van der Waals surface area contributed by atoms with Crippen LogP contribution in [0.3, 0.4) is 0 Å². The smallest absolute Gasteiger partial charge is 0.338 e. The Labute approximate surface area is 124 Å². The molecule has 3 saturated heterocycles. The minimum atomic E-state index is -0.253. The quantitative estimate of drug-likeness (QED) is 0.787. The highest BCUT2D eigenvalue weighted by atomic mass is 35.5. The van der Waals surface area contributed by atoms with Crippen LogP contribution in [0.25, 0.3) is 0 Å². The maximum absolute atomic E-state index is 12.0. The predicted molar refractivity (Wildman–Crippen MR) is 77.1 cm³/mol. The minimum Gasteiger partial charge on any atom is -0.457 e. The van der Waals surface area contributed by atoms with Crippen molar-refractivity contribution in [3.8, 4) is 0 Å². The van der Waals surface area contributed by atoms with Crippen molar-refractivity contribution in [1.29, 1.82) is 0 Å². The van der Waals surface area contributed by atoms with Gasteiger partial charge < -0.3 is 4.74 Å². The molecule has 3 aliphatic heterocycles. The fraction of sp³-hybridized carbons (Fsp3) is 0.500. The molecule has 3 fully saturated rings. The van der Waals surface area contributed by atoms with Gasteiger partial charge in [-0.3, -0.25) is 4.90 Å². The van der Waals surface area contributed by atoms with Gasteiger partial charge in [-0.15, -0.1) is 12.4 Å². The Balaban J connectivity index is 0.00000133. The lowest BCUT2D eigenvalue weighted by atomic mass is 9.86. The molecule has 19 heavy (non-hydrogen) atoms. The highest BCUT2D eigenvalue weighted by molar-refractivity contribution is 6.30. The summed E-state index contributed by atoms with van der Waals surface area (Å²) < 4.78 is 5.63. The van der Waals surface area contributed by atoms with Crippen molar-refractivity contribution < 1.29 is 9.53 Å². The first kappa shape index (κ1) is 14.6. The normalized spacial score (nSPS) is 28.6. The topological polar surface area (TPSA) is 29.5 Å². The third kappa shape index (κ3) is 3.22. The molecule has 3 heterocycles. The summed E-state index contributed by atoms with van der Waals surface area (Å²) in [5, 5.41) is 0.568. The number of piperidine rings is 3. The fourth-order valence-corrected chi connectivity index (χ4v) is 3.06. The fourth-order valence-electron chi connectivity index (χ4n) is 2.87. The monoisotopic (exact) mass is 301 g/mol. The van der Waals surface area contributed by atoms with Crippen LogP contribution < -0.4 is 0 Å². The average molecular weight is 302 g/mol. The third-order valence-corrected chi connectivity index (χ3v) is 4.15. The molecule has 3 aliphatic rings. The minimum absolute atomic E-state index is 0. The molecule has 1 aromatic rings. The van der Waals surface area contributed by atoms with Gasteiger partial charge in [-0.05, 0) is 50.0 Å². The van der Waals surface area contributed by atoms with E-state index in [9.17, 15) is 4.79 Å². The number of ether oxygens (including phenoxy) is 1. The number of hydrogen-bond acceptors (Lipinski definition) is 3. The summed E-state index contributed by atoms with van der Waals surface area (Å²) in [5.74, 6) is 0.286. The van der Waals surface area contributed by atoms with Gasteiger partial charge in [0.25, 0.3) is 0 Å². The van der Waals surface area contributed by atoms with Gasteiger partial charge in [0.15, 0.2) is 0 Å². The van der Waals surface area contributed by atoms with Crippen molar-refractivity contribution in [3.05, 3.63) is 34.9 Å². The first-order valence-corrected chi connectivity index (χ1v) is 6.79. The number of benzene rings is 1. The molecule has 1 unspecified atom stereocenters. The molecule has 0 aliphatic carbocycles. The summed E-state index contributed by atoms with van der Waals surface area (Å²) in [7, 11) is 0. The van der Waals surface area contributed by atoms with E-state index in [-0.39, 0.29) is 24.5 Å². The highest BCUT2D eigenvalue weighted by Gasteiger charge is 2.36. The zero-order valence-electron chi connectivity index (χ0n) is 10.5. The van der Waals surface area contributed by atoms with Crippen molar-refractivity contribution in [2.24, 2.45) is 5.92 Å². The van der Waals surface area contributed by atoms with Crippen LogP contribution in [0.2, 0.25) is 5.02 Å². The summed E-state index contributed by atoms with van der Waals surface area (Å²) >= 11 is 5.88. The number of hydrogen-bond donors (Lipinski definition) is 0. The van der Waals surface area contributed by atoms with E-state index in [2.05, 4.69) is 4.90 Å². The van der Waals surface area contributed by atoms with E-state index < -0.39 is 0 Å². The van der Waals surface area contributed by atoms with Crippen molar-refractivity contribution >= 4 is 30.0 Å². The van der Waals surface area contributed by atoms with Gasteiger partial charge in [-0.25, -0.2) is 4.79 Å². The molecule has 5 heteroatoms. The molecule has 2 bridgehead atoms. The number of nitrogens with zero attached hydrogens (tertiary/aromatic N) is 1. The lowest BCUT2D eigenvalue weighted by molar-refractivity contribution is -0.0455. The van der Waals surface area contributed by atoms with Gasteiger partial charge >= 0.3 is 5.97 Å². The zero-order chi connectivity index (χ0) is 12.5. The molecule has 3 nitrogen and oxygen atoms in total. The predicted octanol–water partition coefficient (Wildman–Crippen LogP) is 3.01. The third-order valence-electron chi connectivity index (χ3n) is 3.91. The molecular weight excluding hydrogens is 285 g/mol. The number of rotatable bonds is 2. The van der Waals surface area contributed by atoms with Crippen LogP contribution in [0, 0.1) is 5.92 Å². The van der Waals surface area contributed by atoms with E-state index in [1.165, 1.54) is 0 Å². The molecule has 1 aromatic carbocycles. The van der Waals surface area contributed by atoms with Gasteiger partial charge in [0.2, 0.25) is 0 Å². The molecule has 0 N–H and O–H groups in total. The number of esters is 1. The van der Waals surface area contributed by atoms with Crippen LogP contribution in [0.5, 0.6) is 0 Å². The average Bonchev–Trinajstić information content (AvgIpc) is 2.40. The maximum atomic E-state index is 12.0. The van der Waals surface area contributed by atoms with Crippen molar-refractivity contribution in [2.75, 3.05) is 19.6 Å². The molecule has 0 saturated carbocycles. The molecule has 0 spiro atoms. The van der Waals surface area contributed by atoms with E-state index in [0.29, 0.717) is 16.5 Å². The van der Waals surface area contributed by atoms with Crippen molar-refractivity contribution in [2.45, 2.75) is 18.9 Å². The van der Waals surface area contributed by atoms with E-state index >= 15 is 0 Å². The Morgan fingerprint density at radius 2 is 2.05 bits per heavy atom. The summed E-state index contributed by atoms with van der Waals surface area (Å²) in [6.45, 7) is 3.18. The molecule has 0 radical (unpaired) electrons. The van der Waals surface area contributed by atoms with Gasteiger partial charge in [-0.2, -0.15) is 0 Å². The molecule has 0 amide bonds. The van der Waals surface area contributed by atoms with E-state index in [4.69, 9.17) is 16.3 Å². The van der Waals surface area contributed by atoms with Gasteiger partial charge in [0.05, 0.1) is 5.56 Å². The second-order valence-corrected chi connectivity index (χ2v) is 5.53. The van der Waals surface area contributed by atoms with E-state index in [1.807, 2.05) is 0 Å². The lowest BCUT2D eigenvalue weighted by Gasteiger charge is -2.43. The number of carbonyl (C=O) groups excluding carboxylic acids is 1. The van der Waals surface area contributed by atoms with Crippen LogP contribution >= 0.6 is 24.0 Å². The summed E-state index contributed by atoms with van der Waals surface area (Å²) in [4.78, 5) is 14.4. The van der Waals surface area contributed by atoms with Crippen LogP contribution in [-0.4, -0.2) is 36.6 Å². The van der Waals surface area contributed by atoms with Crippen molar-refractivity contribution in [1.82, 2.24) is 4.90 Å². The van der Waals surface area contributed by atoms with Crippen molar-refractivity contribution in [3.63, 3.8) is 0 Å². The molecule has 0 aromatic heterocycles. The lowest BCUT2D eigenvalue weighted by Crippen LogP contribution is -2.51. The second-order valence-electron chi connectivity index (χ2n) is 5.09. The first-order chi connectivity index (χ1) is 8.72. The maximum Gasteiger partial charge on any atom is 0.338 e. The molecule has 4 rings (SSSR count). The van der Waals surface area contributed by atoms with Crippen LogP contribution in [-0.2, 0) is 4.74 Å². The summed E-state index contributed by atoms with van der Waals surface area (Å²) in [6.07, 6.45) is 2.35. The first-order valence-electron chi connectivity index (χ1n) is 6.41. The van der Waals surface area contributed by atoms with Gasteiger partial charge in [-0.1, -0.05) is 17.7 Å². The number of fused-ring (bicyclic) bond motifs is 3. The van der Waals surface area contributed by atoms with Crippen LogP contribution in [0.15, 0.2) is 24.3 Å². The van der Waals surface area contributed by atoms with E-state index in [1.54, 1.807) is 24.3 Å². The second kappa shape index (κ2) is 6.12. The summed E-state index contributed by atoms with van der Waals surface area (Å²) in [5.41, 5.74) is 0.541. The largest absolute Gasteiger partial charge is 0.457 e. The molecule has 1 atom stereocenters. The number of carbonyl (C=O) groups is 1. The SMILES string of the molecule is Cl.O=C(OC1CN2CCC1CC2)c1cccc(Cl)c1. The highest BCUT2D eigenvalue weighted by Crippen LogP contribution is 2.30. The van der Waals surface area contributed by atoms with Gasteiger partial charge in [0, 0.05) is 11.6 Å².